The van der Waals surface area contributed by atoms with Gasteiger partial charge in [0, 0.05) is 6.61 Å². The van der Waals surface area contributed by atoms with Gasteiger partial charge in [0.25, 0.3) is 0 Å². The van der Waals surface area contributed by atoms with Gasteiger partial charge in [-0.3, -0.25) is 9.36 Å². The molecule has 6 nitrogen and oxygen atoms in total. The van der Waals surface area contributed by atoms with Crippen LogP contribution in [0, 0.1) is 6.92 Å². The Balaban J connectivity index is 1.51. The number of nitrogens with zero attached hydrogens (tertiary/aromatic N) is 1. The number of aromatic nitrogens is 1. The van der Waals surface area contributed by atoms with Crippen LogP contribution in [0.15, 0.2) is 57.7 Å². The highest BCUT2D eigenvalue weighted by Gasteiger charge is 2.29. The molecule has 1 N–H and O–H groups in total. The standard InChI is InChI=1S/C21H22N2O4/c1-14-8-10-15(11-9-14)20-16(5-4-12-26-20)22-19(24)13-23-17-6-2-3-7-18(17)27-21(23)25/h2-3,6-11,16,20H,4-5,12-13H2,1H3,(H,22,24)/t16-,20-/m0/s1. The second-order valence-electron chi connectivity index (χ2n) is 6.94. The van der Waals surface area contributed by atoms with Gasteiger partial charge in [0.2, 0.25) is 5.91 Å². The monoisotopic (exact) mass is 366 g/mol. The molecule has 0 bridgehead atoms. The van der Waals surface area contributed by atoms with Crippen LogP contribution in [0.3, 0.4) is 0 Å². The fraction of sp³-hybridized carbons (Fsp3) is 0.333. The topological polar surface area (TPSA) is 73.5 Å². The minimum Gasteiger partial charge on any atom is -0.408 e. The highest BCUT2D eigenvalue weighted by molar-refractivity contribution is 5.79. The first-order valence-corrected chi connectivity index (χ1v) is 9.18. The van der Waals surface area contributed by atoms with E-state index in [0.717, 1.165) is 18.4 Å². The summed E-state index contributed by atoms with van der Waals surface area (Å²) in [4.78, 5) is 24.7. The largest absolute Gasteiger partial charge is 0.420 e. The molecule has 1 fully saturated rings. The van der Waals surface area contributed by atoms with Crippen molar-refractivity contribution in [2.45, 2.75) is 38.5 Å². The SMILES string of the molecule is Cc1ccc([C@@H]2OCCC[C@@H]2NC(=O)Cn2c(=O)oc3ccccc32)cc1. The van der Waals surface area contributed by atoms with Crippen molar-refractivity contribution < 1.29 is 13.9 Å². The summed E-state index contributed by atoms with van der Waals surface area (Å²) in [5.41, 5.74) is 3.33. The zero-order chi connectivity index (χ0) is 18.8. The minimum atomic E-state index is -0.527. The average molecular weight is 366 g/mol. The van der Waals surface area contributed by atoms with Gasteiger partial charge in [-0.1, -0.05) is 42.0 Å². The Morgan fingerprint density at radius 2 is 1.96 bits per heavy atom. The van der Waals surface area contributed by atoms with Crippen LogP contribution in [-0.4, -0.2) is 23.1 Å². The van der Waals surface area contributed by atoms with Crippen molar-refractivity contribution >= 4 is 17.0 Å². The highest BCUT2D eigenvalue weighted by Crippen LogP contribution is 2.28. The van der Waals surface area contributed by atoms with E-state index in [1.807, 2.05) is 37.3 Å². The summed E-state index contributed by atoms with van der Waals surface area (Å²) in [5.74, 6) is -0.752. The van der Waals surface area contributed by atoms with Crippen LogP contribution in [-0.2, 0) is 16.1 Å². The maximum Gasteiger partial charge on any atom is 0.420 e. The zero-order valence-corrected chi connectivity index (χ0v) is 15.2. The van der Waals surface area contributed by atoms with Crippen molar-refractivity contribution in [3.05, 3.63) is 70.2 Å². The quantitative estimate of drug-likeness (QED) is 0.770. The van der Waals surface area contributed by atoms with Gasteiger partial charge in [-0.15, -0.1) is 0 Å². The number of rotatable bonds is 4. The minimum absolute atomic E-state index is 0.0764. The molecule has 0 saturated carbocycles. The number of nitrogens with one attached hydrogen (secondary N) is 1. The van der Waals surface area contributed by atoms with Gasteiger partial charge >= 0.3 is 5.76 Å². The lowest BCUT2D eigenvalue weighted by molar-refractivity contribution is -0.124. The van der Waals surface area contributed by atoms with E-state index in [4.69, 9.17) is 9.15 Å². The van der Waals surface area contributed by atoms with Crippen LogP contribution in [0.1, 0.15) is 30.1 Å². The first-order valence-electron chi connectivity index (χ1n) is 9.18. The van der Waals surface area contributed by atoms with Gasteiger partial charge in [0.15, 0.2) is 5.58 Å². The molecule has 1 aromatic heterocycles. The molecule has 6 heteroatoms. The van der Waals surface area contributed by atoms with Gasteiger partial charge in [0.1, 0.15) is 12.6 Å². The van der Waals surface area contributed by atoms with E-state index in [2.05, 4.69) is 5.32 Å². The molecule has 27 heavy (non-hydrogen) atoms. The third kappa shape index (κ3) is 3.66. The van der Waals surface area contributed by atoms with Crippen molar-refractivity contribution in [1.29, 1.82) is 0 Å². The molecule has 2 atom stereocenters. The number of para-hydroxylation sites is 2. The molecule has 140 valence electrons. The summed E-state index contributed by atoms with van der Waals surface area (Å²) >= 11 is 0. The number of fused-ring (bicyclic) bond motifs is 1. The van der Waals surface area contributed by atoms with Gasteiger partial charge in [0.05, 0.1) is 11.6 Å². The molecular weight excluding hydrogens is 344 g/mol. The third-order valence-electron chi connectivity index (χ3n) is 4.95. The maximum atomic E-state index is 12.6. The number of aryl methyl sites for hydroxylation is 1. The summed E-state index contributed by atoms with van der Waals surface area (Å²) < 4.78 is 12.5. The molecule has 2 aromatic carbocycles. The highest BCUT2D eigenvalue weighted by atomic mass is 16.5. The fourth-order valence-electron chi connectivity index (χ4n) is 3.57. The Morgan fingerprint density at radius 1 is 1.19 bits per heavy atom. The molecule has 4 rings (SSSR count). The lowest BCUT2D eigenvalue weighted by Gasteiger charge is -2.32. The molecule has 2 heterocycles. The van der Waals surface area contributed by atoms with Crippen LogP contribution >= 0.6 is 0 Å². The van der Waals surface area contributed by atoms with Crippen molar-refractivity contribution in [2.75, 3.05) is 6.61 Å². The molecule has 0 spiro atoms. The number of ether oxygens (including phenoxy) is 1. The number of benzene rings is 2. The molecule has 0 unspecified atom stereocenters. The van der Waals surface area contributed by atoms with Crippen molar-refractivity contribution in [3.63, 3.8) is 0 Å². The van der Waals surface area contributed by atoms with Crippen molar-refractivity contribution in [3.8, 4) is 0 Å². The second-order valence-corrected chi connectivity index (χ2v) is 6.94. The molecule has 0 aliphatic carbocycles. The van der Waals surface area contributed by atoms with Crippen molar-refractivity contribution in [2.24, 2.45) is 0 Å². The Morgan fingerprint density at radius 3 is 2.78 bits per heavy atom. The first kappa shape index (κ1) is 17.5. The average Bonchev–Trinajstić information content (AvgIpc) is 2.98. The number of hydrogen-bond donors (Lipinski definition) is 1. The molecule has 0 radical (unpaired) electrons. The van der Waals surface area contributed by atoms with E-state index >= 15 is 0 Å². The predicted octanol–water partition coefficient (Wildman–Crippen LogP) is 2.94. The van der Waals surface area contributed by atoms with Crippen LogP contribution in [0.5, 0.6) is 0 Å². The fourth-order valence-corrected chi connectivity index (χ4v) is 3.57. The van der Waals surface area contributed by atoms with Crippen molar-refractivity contribution in [1.82, 2.24) is 9.88 Å². The van der Waals surface area contributed by atoms with E-state index in [9.17, 15) is 9.59 Å². The molecule has 1 amide bonds. The lowest BCUT2D eigenvalue weighted by atomic mass is 9.95. The zero-order valence-electron chi connectivity index (χ0n) is 15.2. The number of amides is 1. The smallest absolute Gasteiger partial charge is 0.408 e. The van der Waals surface area contributed by atoms with Crippen LogP contribution in [0.25, 0.3) is 11.1 Å². The van der Waals surface area contributed by atoms with E-state index in [1.165, 1.54) is 10.1 Å². The Labute approximate surface area is 156 Å². The normalized spacial score (nSPS) is 19.9. The van der Waals surface area contributed by atoms with E-state index in [1.54, 1.807) is 18.2 Å². The van der Waals surface area contributed by atoms with E-state index in [0.29, 0.717) is 17.7 Å². The predicted molar refractivity (Wildman–Crippen MR) is 102 cm³/mol. The van der Waals surface area contributed by atoms with Gasteiger partial charge in [-0.25, -0.2) is 4.79 Å². The Kier molecular flexibility index (Phi) is 4.81. The second kappa shape index (κ2) is 7.40. The Hall–Kier alpha value is -2.86. The summed E-state index contributed by atoms with van der Waals surface area (Å²) in [6.07, 6.45) is 1.55. The molecule has 1 aliphatic heterocycles. The maximum absolute atomic E-state index is 12.6. The summed E-state index contributed by atoms with van der Waals surface area (Å²) in [6.45, 7) is 2.64. The van der Waals surface area contributed by atoms with Gasteiger partial charge in [-0.05, 0) is 37.5 Å². The summed E-state index contributed by atoms with van der Waals surface area (Å²) in [5, 5.41) is 3.05. The molecule has 1 aliphatic rings. The van der Waals surface area contributed by atoms with E-state index < -0.39 is 5.76 Å². The molecule has 1 saturated heterocycles. The van der Waals surface area contributed by atoms with E-state index in [-0.39, 0.29) is 24.6 Å². The molecule has 3 aromatic rings. The Bertz CT molecular complexity index is 1000. The number of carbonyl (C=O) groups excluding carboxylic acids is 1. The van der Waals surface area contributed by atoms with Crippen LogP contribution in [0.2, 0.25) is 0 Å². The first-order chi connectivity index (χ1) is 13.1. The third-order valence-corrected chi connectivity index (χ3v) is 4.95. The molecular formula is C21H22N2O4. The van der Waals surface area contributed by atoms with Gasteiger partial charge < -0.3 is 14.5 Å². The summed E-state index contributed by atoms with van der Waals surface area (Å²) in [6, 6.07) is 15.1. The van der Waals surface area contributed by atoms with Crippen LogP contribution < -0.4 is 11.1 Å². The number of hydrogen-bond acceptors (Lipinski definition) is 4. The van der Waals surface area contributed by atoms with Crippen LogP contribution in [0.4, 0.5) is 0 Å². The number of oxazole rings is 1. The number of carbonyl (C=O) groups is 1. The lowest BCUT2D eigenvalue weighted by Crippen LogP contribution is -2.44. The van der Waals surface area contributed by atoms with Gasteiger partial charge in [-0.2, -0.15) is 0 Å². The summed E-state index contributed by atoms with van der Waals surface area (Å²) in [7, 11) is 0.